The van der Waals surface area contributed by atoms with E-state index in [1.165, 1.54) is 29.1 Å². The fourth-order valence-electron chi connectivity index (χ4n) is 3.75. The van der Waals surface area contributed by atoms with Crippen LogP contribution in [0.3, 0.4) is 0 Å². The average molecular weight is 481 g/mol. The summed E-state index contributed by atoms with van der Waals surface area (Å²) >= 11 is 0. The van der Waals surface area contributed by atoms with Crippen molar-refractivity contribution < 1.29 is 29.0 Å². The lowest BCUT2D eigenvalue weighted by atomic mass is 9.98. The molecule has 0 aliphatic carbocycles. The minimum atomic E-state index is -0.858. The number of amides is 4. The summed E-state index contributed by atoms with van der Waals surface area (Å²) in [5, 5.41) is 15.1. The monoisotopic (exact) mass is 480 g/mol. The molecule has 0 aromatic carbocycles. The second-order valence-electron chi connectivity index (χ2n) is 8.94. The third-order valence-electron chi connectivity index (χ3n) is 5.95. The second kappa shape index (κ2) is 13.9. The van der Waals surface area contributed by atoms with Gasteiger partial charge in [-0.2, -0.15) is 0 Å². The summed E-state index contributed by atoms with van der Waals surface area (Å²) in [5.74, 6) is -1.65. The summed E-state index contributed by atoms with van der Waals surface area (Å²) in [4.78, 5) is 54.1. The molecule has 10 nitrogen and oxygen atoms in total. The van der Waals surface area contributed by atoms with Crippen molar-refractivity contribution in [3.05, 3.63) is 24.3 Å². The molecule has 0 aromatic heterocycles. The minimum Gasteiger partial charge on any atom is -0.390 e. The Morgan fingerprint density at radius 3 is 2.35 bits per heavy atom. The van der Waals surface area contributed by atoms with E-state index in [-0.39, 0.29) is 23.6 Å². The van der Waals surface area contributed by atoms with Gasteiger partial charge in [-0.3, -0.25) is 19.2 Å². The largest absolute Gasteiger partial charge is 0.390 e. The molecule has 1 heterocycles. The zero-order valence-corrected chi connectivity index (χ0v) is 21.3. The van der Waals surface area contributed by atoms with Crippen molar-refractivity contribution in [3.63, 3.8) is 0 Å². The number of carbonyl (C=O) groups excluding carboxylic acids is 4. The molecule has 0 aromatic rings. The third kappa shape index (κ3) is 8.25. The lowest BCUT2D eigenvalue weighted by Crippen LogP contribution is -2.59. The van der Waals surface area contributed by atoms with E-state index >= 15 is 0 Å². The fourth-order valence-corrected chi connectivity index (χ4v) is 3.75. The van der Waals surface area contributed by atoms with E-state index in [9.17, 15) is 24.3 Å². The van der Waals surface area contributed by atoms with Crippen LogP contribution in [0.4, 0.5) is 0 Å². The average Bonchev–Trinajstić information content (AvgIpc) is 2.78. The van der Waals surface area contributed by atoms with Crippen molar-refractivity contribution >= 4 is 23.6 Å². The smallest absolute Gasteiger partial charge is 0.246 e. The van der Waals surface area contributed by atoms with Gasteiger partial charge in [-0.25, -0.2) is 0 Å². The molecule has 1 rings (SSSR count). The summed E-state index contributed by atoms with van der Waals surface area (Å²) < 4.78 is 5.11. The minimum absolute atomic E-state index is 0.203. The number of allylic oxidation sites excluding steroid dienone is 2. The Hall–Kier alpha value is -2.72. The van der Waals surface area contributed by atoms with Crippen LogP contribution in [0.2, 0.25) is 0 Å². The number of ether oxygens (including phenoxy) is 1. The van der Waals surface area contributed by atoms with Crippen molar-refractivity contribution in [1.29, 1.82) is 0 Å². The highest BCUT2D eigenvalue weighted by Crippen LogP contribution is 2.17. The molecule has 0 bridgehead atoms. The first-order valence-corrected chi connectivity index (χ1v) is 11.6. The van der Waals surface area contributed by atoms with Crippen LogP contribution in [-0.2, 0) is 23.9 Å². The van der Waals surface area contributed by atoms with Gasteiger partial charge in [0.1, 0.15) is 24.2 Å². The van der Waals surface area contributed by atoms with Gasteiger partial charge in [-0.1, -0.05) is 32.1 Å². The Morgan fingerprint density at radius 2 is 1.79 bits per heavy atom. The van der Waals surface area contributed by atoms with Crippen LogP contribution >= 0.6 is 0 Å². The fraction of sp³-hybridized carbons (Fsp3) is 0.667. The number of hydrogen-bond donors (Lipinski definition) is 3. The van der Waals surface area contributed by atoms with Gasteiger partial charge >= 0.3 is 0 Å². The highest BCUT2D eigenvalue weighted by Gasteiger charge is 2.37. The number of nitrogens with zero attached hydrogens (tertiary/aromatic N) is 2. The highest BCUT2D eigenvalue weighted by atomic mass is 16.5. The molecule has 1 fully saturated rings. The Labute approximate surface area is 202 Å². The molecule has 192 valence electrons. The SMILES string of the molecule is COC(C=CC=CC(=O)NC1CCCNC(=O)C(C)N(C)C(=O)C(C(C)C)N(C)C1=O)C(C)O. The quantitative estimate of drug-likeness (QED) is 0.353. The number of nitrogens with one attached hydrogen (secondary N) is 2. The Kier molecular flexibility index (Phi) is 11.9. The Balaban J connectivity index is 3.06. The van der Waals surface area contributed by atoms with Crippen LogP contribution in [-0.4, -0.2) is 96.6 Å². The maximum Gasteiger partial charge on any atom is 0.246 e. The third-order valence-corrected chi connectivity index (χ3v) is 5.95. The first-order valence-electron chi connectivity index (χ1n) is 11.6. The van der Waals surface area contributed by atoms with E-state index in [0.717, 1.165) is 0 Å². The number of rotatable bonds is 7. The van der Waals surface area contributed by atoms with Gasteiger partial charge < -0.3 is 30.3 Å². The molecule has 0 radical (unpaired) electrons. The van der Waals surface area contributed by atoms with Crippen molar-refractivity contribution in [2.75, 3.05) is 27.7 Å². The molecule has 5 unspecified atom stereocenters. The predicted molar refractivity (Wildman–Crippen MR) is 129 cm³/mol. The summed E-state index contributed by atoms with van der Waals surface area (Å²) in [6.45, 7) is 7.23. The summed E-state index contributed by atoms with van der Waals surface area (Å²) in [6, 6.07) is -2.31. The van der Waals surface area contributed by atoms with E-state index in [4.69, 9.17) is 4.74 Å². The topological polar surface area (TPSA) is 128 Å². The molecule has 1 aliphatic heterocycles. The van der Waals surface area contributed by atoms with Gasteiger partial charge in [-0.15, -0.1) is 0 Å². The van der Waals surface area contributed by atoms with E-state index in [1.54, 1.807) is 40.1 Å². The van der Waals surface area contributed by atoms with Gasteiger partial charge in [0, 0.05) is 33.8 Å². The number of likely N-dealkylation sites (N-methyl/N-ethyl adjacent to an activating group) is 2. The molecule has 3 N–H and O–H groups in total. The predicted octanol–water partition coefficient (Wildman–Crippen LogP) is 0.219. The Bertz CT molecular complexity index is 779. The number of methoxy groups -OCH3 is 1. The molecule has 1 saturated heterocycles. The standard InChI is InChI=1S/C24H40N4O6/c1-15(2)21-24(33)27(5)16(3)22(31)25-14-10-11-18(23(32)28(21)6)26-20(30)13-9-8-12-19(34-7)17(4)29/h8-9,12-13,15-19,21,29H,10-11,14H2,1-7H3,(H,25,31)(H,26,30). The van der Waals surface area contributed by atoms with Crippen LogP contribution in [0.5, 0.6) is 0 Å². The molecular weight excluding hydrogens is 440 g/mol. The molecule has 4 amide bonds. The van der Waals surface area contributed by atoms with Gasteiger partial charge in [0.25, 0.3) is 0 Å². The van der Waals surface area contributed by atoms with Crippen LogP contribution < -0.4 is 10.6 Å². The lowest BCUT2D eigenvalue weighted by molar-refractivity contribution is -0.150. The number of aliphatic hydroxyl groups excluding tert-OH is 1. The second-order valence-corrected chi connectivity index (χ2v) is 8.94. The summed E-state index contributed by atoms with van der Waals surface area (Å²) in [6.07, 6.45) is 5.53. The molecule has 34 heavy (non-hydrogen) atoms. The first kappa shape index (κ1) is 29.3. The van der Waals surface area contributed by atoms with Crippen LogP contribution in [0.15, 0.2) is 24.3 Å². The highest BCUT2D eigenvalue weighted by molar-refractivity contribution is 5.96. The van der Waals surface area contributed by atoms with Crippen molar-refractivity contribution in [2.24, 2.45) is 5.92 Å². The number of carbonyl (C=O) groups is 4. The van der Waals surface area contributed by atoms with E-state index in [2.05, 4.69) is 10.6 Å². The molecule has 1 aliphatic rings. The van der Waals surface area contributed by atoms with Crippen molar-refractivity contribution in [1.82, 2.24) is 20.4 Å². The van der Waals surface area contributed by atoms with E-state index < -0.39 is 36.2 Å². The van der Waals surface area contributed by atoms with Crippen molar-refractivity contribution in [3.8, 4) is 0 Å². The molecule has 0 spiro atoms. The van der Waals surface area contributed by atoms with Gasteiger partial charge in [-0.05, 0) is 32.6 Å². The van der Waals surface area contributed by atoms with Crippen molar-refractivity contribution in [2.45, 2.75) is 70.9 Å². The molecule has 10 heteroatoms. The van der Waals surface area contributed by atoms with Gasteiger partial charge in [0.05, 0.1) is 6.10 Å². The van der Waals surface area contributed by atoms with E-state index in [1.807, 2.05) is 13.8 Å². The zero-order chi connectivity index (χ0) is 26.0. The zero-order valence-electron chi connectivity index (χ0n) is 21.3. The van der Waals surface area contributed by atoms with Gasteiger partial charge in [0.2, 0.25) is 23.6 Å². The molecular formula is C24H40N4O6. The summed E-state index contributed by atoms with van der Waals surface area (Å²) in [7, 11) is 4.57. The lowest BCUT2D eigenvalue weighted by Gasteiger charge is -2.37. The van der Waals surface area contributed by atoms with Crippen LogP contribution in [0, 0.1) is 5.92 Å². The first-order chi connectivity index (χ1) is 15.9. The van der Waals surface area contributed by atoms with E-state index in [0.29, 0.717) is 19.4 Å². The number of aliphatic hydroxyl groups is 1. The maximum absolute atomic E-state index is 13.3. The molecule has 5 atom stereocenters. The van der Waals surface area contributed by atoms with Crippen LogP contribution in [0.1, 0.15) is 40.5 Å². The summed E-state index contributed by atoms with van der Waals surface area (Å²) in [5.41, 5.74) is 0. The normalized spacial score (nSPS) is 25.3. The Morgan fingerprint density at radius 1 is 1.15 bits per heavy atom. The maximum atomic E-state index is 13.3. The number of hydrogen-bond acceptors (Lipinski definition) is 6. The van der Waals surface area contributed by atoms with Gasteiger partial charge in [0.15, 0.2) is 0 Å². The van der Waals surface area contributed by atoms with Crippen LogP contribution in [0.25, 0.3) is 0 Å². The molecule has 0 saturated carbocycles.